The number of nitrogens with one attached hydrogen (secondary N) is 1. The zero-order valence-corrected chi connectivity index (χ0v) is 20.6. The molecule has 10 heteroatoms. The summed E-state index contributed by atoms with van der Waals surface area (Å²) in [6.07, 6.45) is 1.22. The van der Waals surface area contributed by atoms with Crippen LogP contribution in [0.5, 0.6) is 17.2 Å². The predicted octanol–water partition coefficient (Wildman–Crippen LogP) is 5.50. The molecular formula is C28H25F3N2O5. The fourth-order valence-electron chi connectivity index (χ4n) is 4.67. The zero-order chi connectivity index (χ0) is 26.8. The van der Waals surface area contributed by atoms with Crippen LogP contribution in [0.3, 0.4) is 0 Å². The van der Waals surface area contributed by atoms with Crippen molar-refractivity contribution in [3.63, 3.8) is 0 Å². The molecular weight excluding hydrogens is 501 g/mol. The monoisotopic (exact) mass is 526 g/mol. The number of nitrogens with zero attached hydrogens (tertiary/aromatic N) is 1. The van der Waals surface area contributed by atoms with Gasteiger partial charge >= 0.3 is 0 Å². The molecule has 0 aliphatic carbocycles. The first-order valence-electron chi connectivity index (χ1n) is 12.3. The normalized spacial score (nSPS) is 14.9. The van der Waals surface area contributed by atoms with Gasteiger partial charge < -0.3 is 24.4 Å². The SMILES string of the molecule is CCOc1c(F)c(F)cc(C(=O)N2CCC(c3ccc(NC(=O)c4ccc5c(c4)OCO5)cc3)CC2)c1F. The van der Waals surface area contributed by atoms with Crippen LogP contribution in [0, 0.1) is 17.5 Å². The van der Waals surface area contributed by atoms with Crippen molar-refractivity contribution in [3.8, 4) is 17.2 Å². The molecule has 2 amide bonds. The van der Waals surface area contributed by atoms with E-state index in [0.29, 0.717) is 54.7 Å². The molecule has 0 bridgehead atoms. The lowest BCUT2D eigenvalue weighted by molar-refractivity contribution is 0.0706. The highest BCUT2D eigenvalue weighted by atomic mass is 19.2. The lowest BCUT2D eigenvalue weighted by Gasteiger charge is -2.32. The topological polar surface area (TPSA) is 77.1 Å². The smallest absolute Gasteiger partial charge is 0.257 e. The van der Waals surface area contributed by atoms with Crippen LogP contribution in [0.25, 0.3) is 0 Å². The molecule has 2 heterocycles. The average Bonchev–Trinajstić information content (AvgIpc) is 3.41. The van der Waals surface area contributed by atoms with E-state index in [0.717, 1.165) is 5.56 Å². The Balaban J connectivity index is 1.20. The summed E-state index contributed by atoms with van der Waals surface area (Å²) in [5.41, 5.74) is 1.56. The molecule has 0 saturated carbocycles. The molecule has 1 N–H and O–H groups in total. The van der Waals surface area contributed by atoms with E-state index in [-0.39, 0.29) is 25.2 Å². The van der Waals surface area contributed by atoms with Crippen LogP contribution in [0.2, 0.25) is 0 Å². The second kappa shape index (κ2) is 10.6. The Hall–Kier alpha value is -4.21. The molecule has 7 nitrogen and oxygen atoms in total. The summed E-state index contributed by atoms with van der Waals surface area (Å²) in [6, 6.07) is 13.0. The molecule has 198 valence electrons. The minimum absolute atomic E-state index is 0.0722. The molecule has 0 unspecified atom stereocenters. The van der Waals surface area contributed by atoms with Gasteiger partial charge in [0.05, 0.1) is 12.2 Å². The first-order chi connectivity index (χ1) is 18.4. The van der Waals surface area contributed by atoms with Crippen LogP contribution >= 0.6 is 0 Å². The molecule has 1 fully saturated rings. The van der Waals surface area contributed by atoms with Gasteiger partial charge in [-0.05, 0) is 67.6 Å². The summed E-state index contributed by atoms with van der Waals surface area (Å²) in [6.45, 7) is 2.22. The van der Waals surface area contributed by atoms with Gasteiger partial charge in [0, 0.05) is 24.3 Å². The third-order valence-corrected chi connectivity index (χ3v) is 6.69. The standard InChI is InChI=1S/C28H25F3N2O5/c1-2-36-26-24(30)20(14-21(29)25(26)31)28(35)33-11-9-17(10-12-33)16-3-6-19(7-4-16)32-27(34)18-5-8-22-23(13-18)38-15-37-22/h3-8,13-14,17H,2,9-12,15H2,1H3,(H,32,34). The van der Waals surface area contributed by atoms with Crippen LogP contribution < -0.4 is 19.5 Å². The molecule has 38 heavy (non-hydrogen) atoms. The second-order valence-corrected chi connectivity index (χ2v) is 9.01. The number of fused-ring (bicyclic) bond motifs is 1. The van der Waals surface area contributed by atoms with Crippen molar-refractivity contribution in [2.45, 2.75) is 25.7 Å². The molecule has 0 atom stereocenters. The number of likely N-dealkylation sites (tertiary alicyclic amines) is 1. The molecule has 0 spiro atoms. The van der Waals surface area contributed by atoms with E-state index in [1.54, 1.807) is 18.2 Å². The summed E-state index contributed by atoms with van der Waals surface area (Å²) in [7, 11) is 0. The van der Waals surface area contributed by atoms with Gasteiger partial charge in [0.1, 0.15) is 0 Å². The van der Waals surface area contributed by atoms with E-state index in [1.807, 2.05) is 24.3 Å². The van der Waals surface area contributed by atoms with Gasteiger partial charge in [-0.3, -0.25) is 9.59 Å². The first kappa shape index (κ1) is 25.4. The van der Waals surface area contributed by atoms with Gasteiger partial charge in [-0.1, -0.05) is 12.1 Å². The number of hydrogen-bond donors (Lipinski definition) is 1. The van der Waals surface area contributed by atoms with Crippen molar-refractivity contribution in [1.82, 2.24) is 4.90 Å². The Morgan fingerprint density at radius 1 is 0.974 bits per heavy atom. The van der Waals surface area contributed by atoms with Crippen molar-refractivity contribution in [3.05, 3.63) is 82.7 Å². The van der Waals surface area contributed by atoms with Gasteiger partial charge in [0.25, 0.3) is 11.8 Å². The van der Waals surface area contributed by atoms with E-state index >= 15 is 0 Å². The van der Waals surface area contributed by atoms with Crippen LogP contribution in [-0.4, -0.2) is 43.2 Å². The highest BCUT2D eigenvalue weighted by molar-refractivity contribution is 6.04. The largest absolute Gasteiger partial charge is 0.488 e. The number of piperidine rings is 1. The number of benzene rings is 3. The van der Waals surface area contributed by atoms with Gasteiger partial charge in [-0.25, -0.2) is 8.78 Å². The molecule has 2 aliphatic rings. The van der Waals surface area contributed by atoms with E-state index in [9.17, 15) is 22.8 Å². The van der Waals surface area contributed by atoms with Crippen molar-refractivity contribution in [2.24, 2.45) is 0 Å². The summed E-state index contributed by atoms with van der Waals surface area (Å²) in [5, 5.41) is 2.86. The van der Waals surface area contributed by atoms with Gasteiger partial charge in [-0.2, -0.15) is 4.39 Å². The molecule has 1 saturated heterocycles. The Bertz CT molecular complexity index is 1370. The Kier molecular flexibility index (Phi) is 7.13. The van der Waals surface area contributed by atoms with Gasteiger partial charge in [-0.15, -0.1) is 0 Å². The van der Waals surface area contributed by atoms with Crippen molar-refractivity contribution >= 4 is 17.5 Å². The third-order valence-electron chi connectivity index (χ3n) is 6.69. The zero-order valence-electron chi connectivity index (χ0n) is 20.6. The number of anilines is 1. The van der Waals surface area contributed by atoms with Gasteiger partial charge in [0.15, 0.2) is 28.9 Å². The average molecular weight is 527 g/mol. The maximum atomic E-state index is 14.7. The first-order valence-corrected chi connectivity index (χ1v) is 12.3. The third kappa shape index (κ3) is 4.98. The molecule has 3 aromatic rings. The quantitative estimate of drug-likeness (QED) is 0.429. The molecule has 0 radical (unpaired) electrons. The van der Waals surface area contributed by atoms with E-state index < -0.39 is 34.7 Å². The maximum absolute atomic E-state index is 14.7. The van der Waals surface area contributed by atoms with Crippen LogP contribution in [0.4, 0.5) is 18.9 Å². The Labute approximate surface area is 217 Å². The summed E-state index contributed by atoms with van der Waals surface area (Å²) >= 11 is 0. The van der Waals surface area contributed by atoms with E-state index in [2.05, 4.69) is 5.32 Å². The fourth-order valence-corrected chi connectivity index (χ4v) is 4.67. The highest BCUT2D eigenvalue weighted by Gasteiger charge is 2.30. The molecule has 3 aromatic carbocycles. The minimum Gasteiger partial charge on any atom is -0.488 e. The van der Waals surface area contributed by atoms with E-state index in [1.165, 1.54) is 11.8 Å². The lowest BCUT2D eigenvalue weighted by Crippen LogP contribution is -2.38. The maximum Gasteiger partial charge on any atom is 0.257 e. The van der Waals surface area contributed by atoms with Crippen LogP contribution in [-0.2, 0) is 0 Å². The number of hydrogen-bond acceptors (Lipinski definition) is 5. The van der Waals surface area contributed by atoms with Crippen molar-refractivity contribution < 1.29 is 37.0 Å². The number of carbonyl (C=O) groups is 2. The van der Waals surface area contributed by atoms with Crippen molar-refractivity contribution in [1.29, 1.82) is 0 Å². The van der Waals surface area contributed by atoms with Gasteiger partial charge in [0.2, 0.25) is 12.6 Å². The molecule has 5 rings (SSSR count). The second-order valence-electron chi connectivity index (χ2n) is 9.01. The molecule has 0 aromatic heterocycles. The Morgan fingerprint density at radius 3 is 2.39 bits per heavy atom. The number of halogens is 3. The van der Waals surface area contributed by atoms with E-state index in [4.69, 9.17) is 14.2 Å². The number of carbonyl (C=O) groups excluding carboxylic acids is 2. The minimum atomic E-state index is -1.45. The predicted molar refractivity (Wildman–Crippen MR) is 132 cm³/mol. The number of amides is 2. The number of rotatable bonds is 6. The summed E-state index contributed by atoms with van der Waals surface area (Å²) in [5.74, 6) is -4.57. The number of ether oxygens (including phenoxy) is 3. The van der Waals surface area contributed by atoms with Crippen LogP contribution in [0.1, 0.15) is 52.0 Å². The highest BCUT2D eigenvalue weighted by Crippen LogP contribution is 2.34. The fraction of sp³-hybridized carbons (Fsp3) is 0.286. The van der Waals surface area contributed by atoms with Crippen molar-refractivity contribution in [2.75, 3.05) is 31.8 Å². The molecule has 2 aliphatic heterocycles. The Morgan fingerprint density at radius 2 is 1.68 bits per heavy atom. The summed E-state index contributed by atoms with van der Waals surface area (Å²) in [4.78, 5) is 26.9. The van der Waals surface area contributed by atoms with Crippen LogP contribution in [0.15, 0.2) is 48.5 Å². The summed E-state index contributed by atoms with van der Waals surface area (Å²) < 4.78 is 58.1. The lowest BCUT2D eigenvalue weighted by atomic mass is 9.89.